The van der Waals surface area contributed by atoms with Crippen molar-refractivity contribution in [2.24, 2.45) is 5.73 Å². The first-order valence-electron chi connectivity index (χ1n) is 13.2. The summed E-state index contributed by atoms with van der Waals surface area (Å²) in [7, 11) is 0. The number of amides is 1. The summed E-state index contributed by atoms with van der Waals surface area (Å²) >= 11 is 0. The van der Waals surface area contributed by atoms with E-state index in [4.69, 9.17) is 15.9 Å². The van der Waals surface area contributed by atoms with Crippen molar-refractivity contribution in [3.05, 3.63) is 64.7 Å². The summed E-state index contributed by atoms with van der Waals surface area (Å²) in [5.41, 5.74) is 5.22. The van der Waals surface area contributed by atoms with Crippen LogP contribution in [0.2, 0.25) is 0 Å². The topological polar surface area (TPSA) is 160 Å². The maximum atomic E-state index is 12.9. The molecule has 12 nitrogen and oxygen atoms in total. The molecule has 5 rings (SSSR count). The van der Waals surface area contributed by atoms with Crippen LogP contribution in [0.5, 0.6) is 17.2 Å². The molecule has 0 atom stereocenters. The molecule has 0 aliphatic carbocycles. The second-order valence-electron chi connectivity index (χ2n) is 9.85. The molecule has 6 N–H and O–H groups in total. The van der Waals surface area contributed by atoms with Crippen LogP contribution in [-0.2, 0) is 0 Å². The van der Waals surface area contributed by atoms with Crippen LogP contribution in [0.3, 0.4) is 0 Å². The van der Waals surface area contributed by atoms with Gasteiger partial charge in [-0.2, -0.15) is 4.98 Å². The Kier molecular flexibility index (Phi) is 8.20. The number of likely N-dealkylation sites (tertiary alicyclic amines) is 1. The van der Waals surface area contributed by atoms with Crippen molar-refractivity contribution < 1.29 is 27.4 Å². The minimum Gasteiger partial charge on any atom is -0.450 e. The van der Waals surface area contributed by atoms with Gasteiger partial charge in [0.2, 0.25) is 0 Å². The number of ether oxygens (including phenoxy) is 2. The number of hydrogen-bond donors (Lipinski definition) is 5. The number of nitrogens with one attached hydrogen (secondary N) is 4. The van der Waals surface area contributed by atoms with Crippen LogP contribution in [0.1, 0.15) is 35.7 Å². The van der Waals surface area contributed by atoms with E-state index in [2.05, 4.69) is 30.6 Å². The van der Waals surface area contributed by atoms with Crippen molar-refractivity contribution in [1.82, 2.24) is 19.8 Å². The van der Waals surface area contributed by atoms with Crippen LogP contribution in [0, 0.1) is 5.41 Å². The molecule has 1 saturated heterocycles. The quantitative estimate of drug-likeness (QED) is 0.118. The van der Waals surface area contributed by atoms with Crippen molar-refractivity contribution in [3.8, 4) is 17.2 Å². The van der Waals surface area contributed by atoms with Crippen molar-refractivity contribution in [3.63, 3.8) is 0 Å². The first-order valence-corrected chi connectivity index (χ1v) is 13.2. The van der Waals surface area contributed by atoms with E-state index < -0.39 is 23.7 Å². The maximum absolute atomic E-state index is 12.9. The number of alkyl halides is 3. The third-order valence-electron chi connectivity index (χ3n) is 6.91. The predicted octanol–water partition coefficient (Wildman–Crippen LogP) is 3.75. The first-order chi connectivity index (χ1) is 20.1. The Labute approximate surface area is 238 Å². The molecule has 3 aromatic rings. The van der Waals surface area contributed by atoms with Crippen molar-refractivity contribution in [2.45, 2.75) is 31.7 Å². The molecule has 0 saturated carbocycles. The highest BCUT2D eigenvalue weighted by Gasteiger charge is 2.32. The zero-order valence-electron chi connectivity index (χ0n) is 22.3. The van der Waals surface area contributed by atoms with E-state index in [0.29, 0.717) is 23.7 Å². The minimum absolute atomic E-state index is 0.0397. The Morgan fingerprint density at radius 3 is 2.69 bits per heavy atom. The van der Waals surface area contributed by atoms with Gasteiger partial charge in [0.1, 0.15) is 0 Å². The molecule has 42 heavy (non-hydrogen) atoms. The number of nitrogens with zero attached hydrogens (tertiary/aromatic N) is 3. The number of nitrogens with two attached hydrogens (primary N) is 1. The van der Waals surface area contributed by atoms with Gasteiger partial charge in [-0.15, -0.1) is 13.2 Å². The molecule has 2 aliphatic heterocycles. The lowest BCUT2D eigenvalue weighted by Crippen LogP contribution is -2.39. The average Bonchev–Trinajstić information content (AvgIpc) is 2.94. The van der Waals surface area contributed by atoms with E-state index in [1.54, 1.807) is 16.8 Å². The molecule has 1 aromatic heterocycles. The molecule has 0 unspecified atom stereocenters. The molecular formula is C27H29F3N8O4. The molecule has 0 bridgehead atoms. The van der Waals surface area contributed by atoms with Gasteiger partial charge in [-0.05, 0) is 56.1 Å². The Balaban J connectivity index is 1.23. The Hall–Kier alpha value is -4.79. The molecular weight excluding hydrogens is 557 g/mol. The van der Waals surface area contributed by atoms with Crippen molar-refractivity contribution in [1.29, 1.82) is 5.41 Å². The van der Waals surface area contributed by atoms with Crippen molar-refractivity contribution in [2.75, 3.05) is 36.8 Å². The van der Waals surface area contributed by atoms with Crippen LogP contribution in [0.4, 0.5) is 30.4 Å². The molecule has 1 amide bonds. The number of fused-ring (bicyclic) bond motifs is 2. The number of aromatic nitrogens is 2. The molecule has 222 valence electrons. The molecule has 3 heterocycles. The standard InChI is InChI=1S/C27H29F3N8O4/c28-27(29,30)42-21-5-2-1-4-18(21)35-24(39)16-6-7-20-19(14-16)34-23-22(41-20)15-38(26(40)36-23)17-8-12-37(13-9-17)11-3-10-33-25(31)32/h1-2,4-7,14-15,17H,3,8-13H2,(H,35,39)(H4,31,32,33)(H,34,36,40). The number of carbonyl (C=O) groups excluding carboxylic acids is 1. The van der Waals surface area contributed by atoms with Gasteiger partial charge in [-0.25, -0.2) is 4.79 Å². The number of carbonyl (C=O) groups is 1. The second kappa shape index (κ2) is 12.0. The van der Waals surface area contributed by atoms with E-state index in [1.165, 1.54) is 30.3 Å². The predicted molar refractivity (Wildman–Crippen MR) is 149 cm³/mol. The van der Waals surface area contributed by atoms with E-state index in [9.17, 15) is 22.8 Å². The monoisotopic (exact) mass is 586 g/mol. The fourth-order valence-corrected chi connectivity index (χ4v) is 4.91. The van der Waals surface area contributed by atoms with Gasteiger partial charge in [0.05, 0.1) is 17.6 Å². The first kappa shape index (κ1) is 28.7. The van der Waals surface area contributed by atoms with Crippen LogP contribution in [-0.4, -0.2) is 58.9 Å². The Bertz CT molecular complexity index is 1540. The summed E-state index contributed by atoms with van der Waals surface area (Å²) in [5, 5.41) is 15.4. The minimum atomic E-state index is -4.92. The summed E-state index contributed by atoms with van der Waals surface area (Å²) in [6.45, 7) is 3.12. The Morgan fingerprint density at radius 1 is 1.19 bits per heavy atom. The zero-order valence-corrected chi connectivity index (χ0v) is 22.3. The van der Waals surface area contributed by atoms with Gasteiger partial charge >= 0.3 is 12.1 Å². The number of halogens is 3. The third-order valence-corrected chi connectivity index (χ3v) is 6.91. The number of piperidine rings is 1. The number of anilines is 3. The lowest BCUT2D eigenvalue weighted by Gasteiger charge is -2.33. The van der Waals surface area contributed by atoms with Crippen LogP contribution < -0.4 is 36.8 Å². The van der Waals surface area contributed by atoms with Crippen LogP contribution in [0.15, 0.2) is 53.5 Å². The lowest BCUT2D eigenvalue weighted by molar-refractivity contribution is -0.274. The van der Waals surface area contributed by atoms with Gasteiger partial charge in [-0.1, -0.05) is 12.1 Å². The number of benzene rings is 2. The SMILES string of the molecule is N=C(N)NCCCN1CCC(n2cc3c(nc2=O)Nc2cc(C(=O)Nc4ccccc4OC(F)(F)F)ccc2O3)CC1. The van der Waals surface area contributed by atoms with Crippen LogP contribution >= 0.6 is 0 Å². The molecule has 0 spiro atoms. The Morgan fingerprint density at radius 2 is 1.95 bits per heavy atom. The van der Waals surface area contributed by atoms with Gasteiger partial charge in [-0.3, -0.25) is 14.8 Å². The number of para-hydroxylation sites is 2. The van der Waals surface area contributed by atoms with E-state index >= 15 is 0 Å². The van der Waals surface area contributed by atoms with E-state index in [1.807, 2.05) is 0 Å². The maximum Gasteiger partial charge on any atom is 0.573 e. The normalized spacial score (nSPS) is 15.0. The van der Waals surface area contributed by atoms with Crippen LogP contribution in [0.25, 0.3) is 0 Å². The van der Waals surface area contributed by atoms with E-state index in [0.717, 1.165) is 45.0 Å². The summed E-state index contributed by atoms with van der Waals surface area (Å²) in [6, 6.07) is 9.65. The molecule has 0 radical (unpaired) electrons. The highest BCUT2D eigenvalue weighted by atomic mass is 19.4. The fourth-order valence-electron chi connectivity index (χ4n) is 4.91. The van der Waals surface area contributed by atoms with Gasteiger partial charge in [0, 0.05) is 31.2 Å². The number of hydrogen-bond acceptors (Lipinski definition) is 8. The average molecular weight is 587 g/mol. The molecule has 1 fully saturated rings. The highest BCUT2D eigenvalue weighted by Crippen LogP contribution is 2.41. The molecule has 2 aromatic carbocycles. The largest absolute Gasteiger partial charge is 0.573 e. The summed E-state index contributed by atoms with van der Waals surface area (Å²) in [5.74, 6) is -0.316. The fraction of sp³-hybridized carbons (Fsp3) is 0.333. The van der Waals surface area contributed by atoms with Crippen molar-refractivity contribution >= 4 is 29.1 Å². The van der Waals surface area contributed by atoms with E-state index in [-0.39, 0.29) is 29.1 Å². The van der Waals surface area contributed by atoms with Gasteiger partial charge in [0.25, 0.3) is 5.91 Å². The third kappa shape index (κ3) is 6.91. The summed E-state index contributed by atoms with van der Waals surface area (Å²) < 4.78 is 49.8. The zero-order chi connectivity index (χ0) is 29.9. The molecule has 15 heteroatoms. The second-order valence-corrected chi connectivity index (χ2v) is 9.85. The molecule has 2 aliphatic rings. The number of rotatable bonds is 8. The summed E-state index contributed by atoms with van der Waals surface area (Å²) in [4.78, 5) is 32.2. The lowest BCUT2D eigenvalue weighted by atomic mass is 10.0. The van der Waals surface area contributed by atoms with Gasteiger partial charge in [0.15, 0.2) is 29.0 Å². The van der Waals surface area contributed by atoms with Gasteiger partial charge < -0.3 is 36.1 Å². The smallest absolute Gasteiger partial charge is 0.450 e. The highest BCUT2D eigenvalue weighted by molar-refractivity contribution is 6.06. The number of guanidine groups is 1. The summed E-state index contributed by atoms with van der Waals surface area (Å²) in [6.07, 6.45) is -0.900.